The quantitative estimate of drug-likeness (QED) is 0.655. The molecule has 1 aliphatic rings. The van der Waals surface area contributed by atoms with E-state index < -0.39 is 5.91 Å². The van der Waals surface area contributed by atoms with E-state index in [4.69, 9.17) is 15.2 Å². The molecule has 2 amide bonds. The number of fused-ring (bicyclic) bond motifs is 1. The number of amides is 2. The first kappa shape index (κ1) is 19.6. The van der Waals surface area contributed by atoms with E-state index in [0.29, 0.717) is 31.3 Å². The number of nitrogens with two attached hydrogens (primary N) is 1. The molecule has 0 atom stereocenters. The summed E-state index contributed by atoms with van der Waals surface area (Å²) < 4.78 is 12.0. The second kappa shape index (κ2) is 9.14. The van der Waals surface area contributed by atoms with Crippen LogP contribution in [0.15, 0.2) is 51.8 Å². The SMILES string of the molecule is NC(=O)CN(Cc1ccc(Br)cc1)C(=O)CSc1ccc2c(c1)OCCO2. The van der Waals surface area contributed by atoms with Gasteiger partial charge < -0.3 is 20.1 Å². The Hall–Kier alpha value is -2.19. The lowest BCUT2D eigenvalue weighted by atomic mass is 10.2. The maximum absolute atomic E-state index is 12.6. The van der Waals surface area contributed by atoms with Crippen LogP contribution >= 0.6 is 27.7 Å². The topological polar surface area (TPSA) is 81.9 Å². The van der Waals surface area contributed by atoms with Crippen molar-refractivity contribution in [3.8, 4) is 11.5 Å². The van der Waals surface area contributed by atoms with Crippen LogP contribution in [0.3, 0.4) is 0 Å². The molecular weight excluding hydrogens is 432 g/mol. The number of carbonyl (C=O) groups excluding carboxylic acids is 2. The molecule has 142 valence electrons. The fraction of sp³-hybridized carbons (Fsp3) is 0.263. The first-order valence-corrected chi connectivity index (χ1v) is 10.1. The highest BCUT2D eigenvalue weighted by atomic mass is 79.9. The number of hydrogen-bond acceptors (Lipinski definition) is 5. The lowest BCUT2D eigenvalue weighted by Gasteiger charge is -2.22. The van der Waals surface area contributed by atoms with Crippen molar-refractivity contribution in [1.29, 1.82) is 0 Å². The molecule has 2 aromatic carbocycles. The van der Waals surface area contributed by atoms with Crippen molar-refractivity contribution in [2.24, 2.45) is 5.73 Å². The van der Waals surface area contributed by atoms with E-state index in [1.54, 1.807) is 0 Å². The van der Waals surface area contributed by atoms with Crippen LogP contribution in [-0.4, -0.2) is 42.2 Å². The molecule has 2 N–H and O–H groups in total. The maximum Gasteiger partial charge on any atom is 0.237 e. The van der Waals surface area contributed by atoms with Crippen LogP contribution < -0.4 is 15.2 Å². The van der Waals surface area contributed by atoms with Gasteiger partial charge in [0, 0.05) is 15.9 Å². The van der Waals surface area contributed by atoms with Crippen LogP contribution in [0, 0.1) is 0 Å². The zero-order valence-electron chi connectivity index (χ0n) is 14.5. The molecule has 8 heteroatoms. The van der Waals surface area contributed by atoms with Crippen LogP contribution in [0.2, 0.25) is 0 Å². The Labute approximate surface area is 170 Å². The van der Waals surface area contributed by atoms with Crippen LogP contribution in [0.1, 0.15) is 5.56 Å². The molecule has 0 spiro atoms. The lowest BCUT2D eigenvalue weighted by Crippen LogP contribution is -2.38. The number of hydrogen-bond donors (Lipinski definition) is 1. The zero-order valence-corrected chi connectivity index (χ0v) is 16.9. The monoisotopic (exact) mass is 450 g/mol. The highest BCUT2D eigenvalue weighted by Crippen LogP contribution is 2.34. The number of halogens is 1. The summed E-state index contributed by atoms with van der Waals surface area (Å²) in [5, 5.41) is 0. The Morgan fingerprint density at radius 2 is 1.78 bits per heavy atom. The largest absolute Gasteiger partial charge is 0.486 e. The minimum atomic E-state index is -0.537. The second-order valence-corrected chi connectivity index (χ2v) is 7.90. The number of primary amides is 1. The van der Waals surface area contributed by atoms with Crippen molar-refractivity contribution in [2.45, 2.75) is 11.4 Å². The molecule has 0 saturated carbocycles. The Morgan fingerprint density at radius 1 is 1.07 bits per heavy atom. The van der Waals surface area contributed by atoms with Gasteiger partial charge in [0.15, 0.2) is 11.5 Å². The minimum Gasteiger partial charge on any atom is -0.486 e. The normalized spacial score (nSPS) is 12.5. The van der Waals surface area contributed by atoms with Gasteiger partial charge in [0.2, 0.25) is 11.8 Å². The molecule has 0 radical (unpaired) electrons. The molecule has 0 aliphatic carbocycles. The summed E-state index contributed by atoms with van der Waals surface area (Å²) in [6, 6.07) is 13.2. The van der Waals surface area contributed by atoms with Crippen molar-refractivity contribution < 1.29 is 19.1 Å². The van der Waals surface area contributed by atoms with E-state index >= 15 is 0 Å². The van der Waals surface area contributed by atoms with Gasteiger partial charge in [0.05, 0.1) is 12.3 Å². The average Bonchev–Trinajstić information content (AvgIpc) is 2.66. The van der Waals surface area contributed by atoms with E-state index in [0.717, 1.165) is 14.9 Å². The third-order valence-corrected chi connectivity index (χ3v) is 5.37. The first-order chi connectivity index (χ1) is 13.0. The van der Waals surface area contributed by atoms with E-state index in [1.807, 2.05) is 42.5 Å². The van der Waals surface area contributed by atoms with Gasteiger partial charge >= 0.3 is 0 Å². The van der Waals surface area contributed by atoms with Crippen LogP contribution in [0.4, 0.5) is 0 Å². The number of benzene rings is 2. The maximum atomic E-state index is 12.6. The molecule has 1 aliphatic heterocycles. The average molecular weight is 451 g/mol. The molecule has 1 heterocycles. The van der Waals surface area contributed by atoms with Crippen molar-refractivity contribution in [2.75, 3.05) is 25.5 Å². The molecule has 0 aromatic heterocycles. The van der Waals surface area contributed by atoms with Gasteiger partial charge in [-0.2, -0.15) is 0 Å². The molecule has 0 unspecified atom stereocenters. The highest BCUT2D eigenvalue weighted by molar-refractivity contribution is 9.10. The fourth-order valence-electron chi connectivity index (χ4n) is 2.58. The second-order valence-electron chi connectivity index (χ2n) is 5.94. The number of carbonyl (C=O) groups is 2. The summed E-state index contributed by atoms with van der Waals surface area (Å²) in [5.74, 6) is 0.898. The lowest BCUT2D eigenvalue weighted by molar-refractivity contribution is -0.133. The minimum absolute atomic E-state index is 0.114. The van der Waals surface area contributed by atoms with Gasteiger partial charge in [-0.1, -0.05) is 28.1 Å². The van der Waals surface area contributed by atoms with Gasteiger partial charge in [0.1, 0.15) is 13.2 Å². The number of thioether (sulfide) groups is 1. The standard InChI is InChI=1S/C19H19BrN2O4S/c20-14-3-1-13(2-4-14)10-22(11-18(21)23)19(24)12-27-15-5-6-16-17(9-15)26-8-7-25-16/h1-6,9H,7-8,10-12H2,(H2,21,23). The van der Waals surface area contributed by atoms with Crippen molar-refractivity contribution in [3.05, 3.63) is 52.5 Å². The van der Waals surface area contributed by atoms with Crippen molar-refractivity contribution in [3.63, 3.8) is 0 Å². The van der Waals surface area contributed by atoms with Crippen LogP contribution in [-0.2, 0) is 16.1 Å². The van der Waals surface area contributed by atoms with E-state index in [-0.39, 0.29) is 18.2 Å². The Morgan fingerprint density at radius 3 is 2.48 bits per heavy atom. The molecule has 3 rings (SSSR count). The third-order valence-electron chi connectivity index (χ3n) is 3.86. The van der Waals surface area contributed by atoms with Gasteiger partial charge in [-0.05, 0) is 35.9 Å². The number of nitrogens with zero attached hydrogens (tertiary/aromatic N) is 1. The molecule has 0 fully saturated rings. The summed E-state index contributed by atoms with van der Waals surface area (Å²) >= 11 is 4.76. The van der Waals surface area contributed by atoms with E-state index in [2.05, 4.69) is 15.9 Å². The predicted molar refractivity (Wildman–Crippen MR) is 107 cm³/mol. The van der Waals surface area contributed by atoms with Gasteiger partial charge in [0.25, 0.3) is 0 Å². The van der Waals surface area contributed by atoms with Crippen molar-refractivity contribution >= 4 is 39.5 Å². The van der Waals surface area contributed by atoms with Gasteiger partial charge in [-0.25, -0.2) is 0 Å². The summed E-state index contributed by atoms with van der Waals surface area (Å²) in [6.45, 7) is 1.27. The van der Waals surface area contributed by atoms with Gasteiger partial charge in [-0.15, -0.1) is 11.8 Å². The molecule has 0 bridgehead atoms. The van der Waals surface area contributed by atoms with Crippen LogP contribution in [0.5, 0.6) is 11.5 Å². The third kappa shape index (κ3) is 5.64. The molecule has 6 nitrogen and oxygen atoms in total. The van der Waals surface area contributed by atoms with Gasteiger partial charge in [-0.3, -0.25) is 9.59 Å². The Bertz CT molecular complexity index is 829. The first-order valence-electron chi connectivity index (χ1n) is 8.34. The number of ether oxygens (including phenoxy) is 2. The molecular formula is C19H19BrN2O4S. The Balaban J connectivity index is 1.63. The van der Waals surface area contributed by atoms with Crippen LogP contribution in [0.25, 0.3) is 0 Å². The zero-order chi connectivity index (χ0) is 19.2. The highest BCUT2D eigenvalue weighted by Gasteiger charge is 2.18. The predicted octanol–water partition coefficient (Wildman–Crippen LogP) is 2.83. The summed E-state index contributed by atoms with van der Waals surface area (Å²) in [6.07, 6.45) is 0. The summed E-state index contributed by atoms with van der Waals surface area (Å²) in [4.78, 5) is 26.4. The smallest absolute Gasteiger partial charge is 0.237 e. The fourth-order valence-corrected chi connectivity index (χ4v) is 3.67. The molecule has 0 saturated heterocycles. The van der Waals surface area contributed by atoms with E-state index in [9.17, 15) is 9.59 Å². The molecule has 2 aromatic rings. The number of rotatable bonds is 7. The summed E-state index contributed by atoms with van der Waals surface area (Å²) in [7, 11) is 0. The van der Waals surface area contributed by atoms with E-state index in [1.165, 1.54) is 16.7 Å². The summed E-state index contributed by atoms with van der Waals surface area (Å²) in [5.41, 5.74) is 6.24. The Kier molecular flexibility index (Phi) is 6.63. The van der Waals surface area contributed by atoms with Crippen molar-refractivity contribution in [1.82, 2.24) is 4.90 Å². The molecule has 27 heavy (non-hydrogen) atoms.